The van der Waals surface area contributed by atoms with Gasteiger partial charge in [-0.25, -0.2) is 9.29 Å². The number of hydrogen-bond acceptors (Lipinski definition) is 7. The Kier molecular flexibility index (Phi) is 8.31. The first-order chi connectivity index (χ1) is 18.0. The van der Waals surface area contributed by atoms with Crippen LogP contribution >= 0.6 is 23.5 Å². The highest BCUT2D eigenvalue weighted by molar-refractivity contribution is 8.01. The van der Waals surface area contributed by atoms with E-state index in [1.807, 2.05) is 12.1 Å². The van der Waals surface area contributed by atoms with Crippen LogP contribution in [0.15, 0.2) is 77.9 Å². The number of benzene rings is 1. The molecule has 1 saturated heterocycles. The summed E-state index contributed by atoms with van der Waals surface area (Å²) in [4.78, 5) is 17.6. The molecule has 7 nitrogen and oxygen atoms in total. The molecule has 1 amide bonds. The Balaban J connectivity index is 1.21. The van der Waals surface area contributed by atoms with Crippen molar-refractivity contribution >= 4 is 35.3 Å². The van der Waals surface area contributed by atoms with Crippen molar-refractivity contribution in [3.63, 3.8) is 0 Å². The fraction of sp³-hybridized carbons (Fsp3) is 0.286. The molecule has 9 heteroatoms. The first kappa shape index (κ1) is 25.6. The molecule has 3 N–H and O–H groups in total. The number of morpholine rings is 1. The van der Waals surface area contributed by atoms with Gasteiger partial charge in [0.15, 0.2) is 0 Å². The second-order valence-electron chi connectivity index (χ2n) is 8.94. The molecule has 5 rings (SSSR count). The lowest BCUT2D eigenvalue weighted by molar-refractivity contribution is -0.116. The Morgan fingerprint density at radius 3 is 2.92 bits per heavy atom. The van der Waals surface area contributed by atoms with Crippen molar-refractivity contribution in [3.05, 3.63) is 99.6 Å². The second-order valence-corrected chi connectivity index (χ2v) is 10.5. The van der Waals surface area contributed by atoms with Gasteiger partial charge >= 0.3 is 0 Å². The topological polar surface area (TPSA) is 89.7 Å². The number of hydrogen-bond donors (Lipinski definition) is 2. The third kappa shape index (κ3) is 6.64. The number of amides is 1. The summed E-state index contributed by atoms with van der Waals surface area (Å²) in [5.74, 6) is 1.05. The van der Waals surface area contributed by atoms with E-state index < -0.39 is 0 Å². The fourth-order valence-corrected chi connectivity index (χ4v) is 5.52. The Bertz CT molecular complexity index is 1250. The predicted molar refractivity (Wildman–Crippen MR) is 148 cm³/mol. The molecule has 2 aromatic rings. The van der Waals surface area contributed by atoms with Crippen molar-refractivity contribution in [2.45, 2.75) is 25.0 Å². The van der Waals surface area contributed by atoms with E-state index in [0.717, 1.165) is 43.0 Å². The van der Waals surface area contributed by atoms with Gasteiger partial charge in [-0.05, 0) is 47.4 Å². The number of carbonyl (C=O) groups excluding carboxylic acids is 1. The number of aromatic nitrogens is 1. The van der Waals surface area contributed by atoms with Gasteiger partial charge in [-0.1, -0.05) is 48.0 Å². The number of nitrogens with two attached hydrogens (primary N) is 1. The molecule has 192 valence electrons. The molecule has 0 spiro atoms. The molecule has 3 aliphatic rings. The molecule has 1 aromatic heterocycles. The molecule has 2 unspecified atom stereocenters. The van der Waals surface area contributed by atoms with E-state index in [2.05, 4.69) is 51.1 Å². The molecule has 2 aliphatic heterocycles. The number of nitrogens with one attached hydrogen (secondary N) is 1. The average Bonchev–Trinajstić information content (AvgIpc) is 3.22. The van der Waals surface area contributed by atoms with Crippen LogP contribution in [0.4, 0.5) is 5.82 Å². The summed E-state index contributed by atoms with van der Waals surface area (Å²) in [5.41, 5.74) is 8.72. The monoisotopic (exact) mass is 536 g/mol. The number of rotatable bonds is 7. The highest BCUT2D eigenvalue weighted by Gasteiger charge is 2.28. The molecular weight excluding hydrogens is 508 g/mol. The summed E-state index contributed by atoms with van der Waals surface area (Å²) in [7, 11) is 0. The van der Waals surface area contributed by atoms with Gasteiger partial charge in [0.25, 0.3) is 0 Å². The van der Waals surface area contributed by atoms with Crippen molar-refractivity contribution in [1.82, 2.24) is 14.6 Å². The third-order valence-electron chi connectivity index (χ3n) is 6.31. The van der Waals surface area contributed by atoms with Crippen LogP contribution in [0.25, 0.3) is 0 Å². The first-order valence-corrected chi connectivity index (χ1v) is 13.4. The van der Waals surface area contributed by atoms with E-state index >= 15 is 0 Å². The van der Waals surface area contributed by atoms with Crippen LogP contribution in [-0.2, 0) is 22.5 Å². The second kappa shape index (κ2) is 12.0. The summed E-state index contributed by atoms with van der Waals surface area (Å²) >= 11 is 8.26. The number of nitrogens with zero attached hydrogens (tertiary/aromatic N) is 2. The van der Waals surface area contributed by atoms with Crippen LogP contribution in [0.2, 0.25) is 5.02 Å². The van der Waals surface area contributed by atoms with Gasteiger partial charge in [-0.15, -0.1) is 0 Å². The minimum absolute atomic E-state index is 0.105. The highest BCUT2D eigenvalue weighted by Crippen LogP contribution is 2.42. The Morgan fingerprint density at radius 1 is 1.24 bits per heavy atom. The lowest BCUT2D eigenvalue weighted by Crippen LogP contribution is -2.30. The van der Waals surface area contributed by atoms with Crippen LogP contribution in [0, 0.1) is 0 Å². The van der Waals surface area contributed by atoms with Gasteiger partial charge in [-0.3, -0.25) is 4.79 Å². The maximum atomic E-state index is 12.3. The van der Waals surface area contributed by atoms with E-state index in [-0.39, 0.29) is 17.9 Å². The zero-order valence-electron chi connectivity index (χ0n) is 20.3. The zero-order chi connectivity index (χ0) is 25.6. The van der Waals surface area contributed by atoms with Gasteiger partial charge in [0.1, 0.15) is 17.7 Å². The van der Waals surface area contributed by atoms with Gasteiger partial charge in [-0.2, -0.15) is 0 Å². The molecule has 0 radical (unpaired) electrons. The molecule has 1 aliphatic carbocycles. The normalized spacial score (nSPS) is 21.4. The standard InChI is InChI=1S/C28H29ClN4O3S/c29-25-9-8-23(20-2-1-3-22(7-5-20)37-33-12-14-35-15-13-33)24-16-21(36-28(24)25)6-11-27(34)32-18-19-4-10-26(30)31-17-19/h1-11,17,20-21H,12-16,18H2,(H2,30,31)(H,32,34)/b11-6+. The van der Waals surface area contributed by atoms with Crippen molar-refractivity contribution in [3.8, 4) is 5.75 Å². The smallest absolute Gasteiger partial charge is 0.244 e. The van der Waals surface area contributed by atoms with Crippen LogP contribution < -0.4 is 15.8 Å². The van der Waals surface area contributed by atoms with Gasteiger partial charge < -0.3 is 20.5 Å². The number of halogens is 1. The van der Waals surface area contributed by atoms with Crippen LogP contribution in [0.3, 0.4) is 0 Å². The number of ether oxygens (including phenoxy) is 2. The lowest BCUT2D eigenvalue weighted by Gasteiger charge is -2.25. The number of allylic oxidation sites excluding steroid dienone is 5. The van der Waals surface area contributed by atoms with Crippen molar-refractivity contribution < 1.29 is 14.3 Å². The third-order valence-corrected chi connectivity index (χ3v) is 7.71. The molecular formula is C28H29ClN4O3S. The number of anilines is 1. The van der Waals surface area contributed by atoms with Gasteiger partial charge in [0.05, 0.1) is 18.2 Å². The van der Waals surface area contributed by atoms with Crippen molar-refractivity contribution in [2.75, 3.05) is 32.0 Å². The van der Waals surface area contributed by atoms with Crippen molar-refractivity contribution in [2.24, 2.45) is 0 Å². The lowest BCUT2D eigenvalue weighted by atomic mass is 9.91. The first-order valence-electron chi connectivity index (χ1n) is 12.3. The number of nitrogen functional groups attached to an aromatic ring is 1. The molecule has 1 fully saturated rings. The summed E-state index contributed by atoms with van der Waals surface area (Å²) in [6, 6.07) is 7.51. The molecule has 3 heterocycles. The maximum Gasteiger partial charge on any atom is 0.244 e. The van der Waals surface area contributed by atoms with E-state index in [9.17, 15) is 4.79 Å². The number of pyridine rings is 1. The quantitative estimate of drug-likeness (QED) is 0.396. The minimum Gasteiger partial charge on any atom is -0.484 e. The molecule has 37 heavy (non-hydrogen) atoms. The molecule has 0 saturated carbocycles. The summed E-state index contributed by atoms with van der Waals surface area (Å²) < 4.78 is 13.9. The molecule has 0 bridgehead atoms. The van der Waals surface area contributed by atoms with Crippen LogP contribution in [0.5, 0.6) is 5.75 Å². The zero-order valence-corrected chi connectivity index (χ0v) is 21.9. The number of fused-ring (bicyclic) bond motifs is 1. The van der Waals surface area contributed by atoms with Crippen molar-refractivity contribution in [1.29, 1.82) is 0 Å². The predicted octanol–water partition coefficient (Wildman–Crippen LogP) is 4.57. The van der Waals surface area contributed by atoms with E-state index in [4.69, 9.17) is 26.8 Å². The summed E-state index contributed by atoms with van der Waals surface area (Å²) in [6.07, 6.45) is 16.2. The van der Waals surface area contributed by atoms with Gasteiger partial charge in [0.2, 0.25) is 5.91 Å². The Morgan fingerprint density at radius 2 is 2.11 bits per heavy atom. The van der Waals surface area contributed by atoms with Crippen LogP contribution in [-0.4, -0.2) is 47.6 Å². The molecule has 2 atom stereocenters. The summed E-state index contributed by atoms with van der Waals surface area (Å²) in [6.45, 7) is 3.78. The number of carbonyl (C=O) groups is 1. The summed E-state index contributed by atoms with van der Waals surface area (Å²) in [5, 5.41) is 3.44. The highest BCUT2D eigenvalue weighted by atomic mass is 35.5. The molecule has 1 aromatic carbocycles. The maximum absolute atomic E-state index is 12.3. The van der Waals surface area contributed by atoms with E-state index in [1.54, 1.807) is 30.3 Å². The van der Waals surface area contributed by atoms with Gasteiger partial charge in [0, 0.05) is 54.7 Å². The van der Waals surface area contributed by atoms with E-state index in [1.165, 1.54) is 11.0 Å². The Labute approximate surface area is 226 Å². The SMILES string of the molecule is Nc1ccc(CNC(=O)/C=C/C2Cc3c(C4C=CC=C(SN5CCOCC5)C=C4)ccc(Cl)c3O2)cn1. The largest absolute Gasteiger partial charge is 0.484 e. The minimum atomic E-state index is -0.262. The van der Waals surface area contributed by atoms with Crippen LogP contribution in [0.1, 0.15) is 22.6 Å². The average molecular weight is 537 g/mol. The Hall–Kier alpha value is -3.04. The fourth-order valence-electron chi connectivity index (χ4n) is 4.39. The van der Waals surface area contributed by atoms with E-state index in [0.29, 0.717) is 29.6 Å².